The number of aromatic nitrogens is 2. The molecule has 2 aromatic carbocycles. The summed E-state index contributed by atoms with van der Waals surface area (Å²) < 4.78 is 1.69. The molecule has 4 rings (SSSR count). The van der Waals surface area contributed by atoms with Crippen molar-refractivity contribution in [1.82, 2.24) is 19.4 Å². The number of carbonyl (C=O) groups excluding carboxylic acids is 1. The molecule has 6 heteroatoms. The standard InChI is InChI=1S/C25H30N4O2/c1-4-22(24-26-21-13-9-8-12-20(21)25(31)27(24)3)28-14-15-29(18(2)17-28)23(30)16-19-10-6-5-7-11-19/h5-13,18,22H,4,14-17H2,1-3H3. The summed E-state index contributed by atoms with van der Waals surface area (Å²) in [6.07, 6.45) is 1.28. The van der Waals surface area contributed by atoms with Gasteiger partial charge in [0.15, 0.2) is 0 Å². The van der Waals surface area contributed by atoms with Crippen LogP contribution in [-0.2, 0) is 18.3 Å². The van der Waals surface area contributed by atoms with E-state index in [0.717, 1.165) is 36.4 Å². The second kappa shape index (κ2) is 9.02. The summed E-state index contributed by atoms with van der Waals surface area (Å²) in [5, 5.41) is 0.647. The summed E-state index contributed by atoms with van der Waals surface area (Å²) in [6.45, 7) is 6.46. The summed E-state index contributed by atoms with van der Waals surface area (Å²) in [6, 6.07) is 17.6. The quantitative estimate of drug-likeness (QED) is 0.639. The topological polar surface area (TPSA) is 58.4 Å². The van der Waals surface area contributed by atoms with E-state index in [9.17, 15) is 9.59 Å². The minimum absolute atomic E-state index is 0.0104. The summed E-state index contributed by atoms with van der Waals surface area (Å²) in [4.78, 5) is 35.0. The van der Waals surface area contributed by atoms with Gasteiger partial charge in [-0.15, -0.1) is 0 Å². The van der Waals surface area contributed by atoms with Gasteiger partial charge in [-0.3, -0.25) is 19.1 Å². The third-order valence-electron chi connectivity index (χ3n) is 6.32. The molecule has 2 atom stereocenters. The van der Waals surface area contributed by atoms with Crippen LogP contribution in [0.2, 0.25) is 0 Å². The number of carbonyl (C=O) groups is 1. The van der Waals surface area contributed by atoms with E-state index in [-0.39, 0.29) is 23.6 Å². The van der Waals surface area contributed by atoms with Gasteiger partial charge in [-0.05, 0) is 31.0 Å². The third kappa shape index (κ3) is 4.26. The molecule has 0 bridgehead atoms. The van der Waals surface area contributed by atoms with Gasteiger partial charge in [-0.2, -0.15) is 0 Å². The molecule has 6 nitrogen and oxygen atoms in total. The zero-order valence-corrected chi connectivity index (χ0v) is 18.5. The van der Waals surface area contributed by atoms with E-state index < -0.39 is 0 Å². The van der Waals surface area contributed by atoms with Crippen molar-refractivity contribution in [3.63, 3.8) is 0 Å². The molecule has 1 saturated heterocycles. The predicted octanol–water partition coefficient (Wildman–Crippen LogP) is 3.16. The molecule has 1 aromatic heterocycles. The first-order valence-electron chi connectivity index (χ1n) is 11.0. The number of fused-ring (bicyclic) bond motifs is 1. The van der Waals surface area contributed by atoms with E-state index in [1.807, 2.05) is 66.5 Å². The van der Waals surface area contributed by atoms with Crippen molar-refractivity contribution < 1.29 is 4.79 Å². The lowest BCUT2D eigenvalue weighted by atomic mass is 10.1. The van der Waals surface area contributed by atoms with Crippen molar-refractivity contribution in [2.45, 2.75) is 38.8 Å². The number of hydrogen-bond donors (Lipinski definition) is 0. The van der Waals surface area contributed by atoms with Crippen molar-refractivity contribution >= 4 is 16.8 Å². The molecule has 3 aromatic rings. The van der Waals surface area contributed by atoms with Crippen LogP contribution in [0.1, 0.15) is 37.7 Å². The first-order valence-corrected chi connectivity index (χ1v) is 11.0. The Morgan fingerprint density at radius 1 is 1.10 bits per heavy atom. The summed E-state index contributed by atoms with van der Waals surface area (Å²) in [7, 11) is 1.81. The number of rotatable bonds is 5. The maximum absolute atomic E-state index is 12.9. The summed E-state index contributed by atoms with van der Waals surface area (Å²) in [5.41, 5.74) is 1.77. The van der Waals surface area contributed by atoms with E-state index >= 15 is 0 Å². The fourth-order valence-corrected chi connectivity index (χ4v) is 4.65. The Morgan fingerprint density at radius 2 is 1.81 bits per heavy atom. The number of hydrogen-bond acceptors (Lipinski definition) is 4. The molecule has 2 heterocycles. The van der Waals surface area contributed by atoms with E-state index in [4.69, 9.17) is 4.98 Å². The van der Waals surface area contributed by atoms with Crippen LogP contribution in [0.5, 0.6) is 0 Å². The van der Waals surface area contributed by atoms with Gasteiger partial charge in [0.2, 0.25) is 5.91 Å². The molecule has 162 valence electrons. The van der Waals surface area contributed by atoms with Crippen molar-refractivity contribution in [2.75, 3.05) is 19.6 Å². The molecule has 0 N–H and O–H groups in total. The highest BCUT2D eigenvalue weighted by molar-refractivity contribution is 5.79. The molecule has 0 saturated carbocycles. The average Bonchev–Trinajstić information content (AvgIpc) is 2.78. The third-order valence-corrected chi connectivity index (χ3v) is 6.32. The zero-order valence-electron chi connectivity index (χ0n) is 18.5. The lowest BCUT2D eigenvalue weighted by Gasteiger charge is -2.43. The Balaban J connectivity index is 1.53. The zero-order chi connectivity index (χ0) is 22.0. The number of nitrogens with zero attached hydrogens (tertiary/aromatic N) is 4. The fourth-order valence-electron chi connectivity index (χ4n) is 4.65. The van der Waals surface area contributed by atoms with Crippen LogP contribution in [0.3, 0.4) is 0 Å². The highest BCUT2D eigenvalue weighted by atomic mass is 16.2. The van der Waals surface area contributed by atoms with Gasteiger partial charge in [0.05, 0.1) is 23.4 Å². The minimum atomic E-state index is -0.0104. The van der Waals surface area contributed by atoms with E-state index in [2.05, 4.69) is 18.7 Å². The maximum atomic E-state index is 12.9. The number of piperazine rings is 1. The Kier molecular flexibility index (Phi) is 6.18. The van der Waals surface area contributed by atoms with Crippen LogP contribution in [0.4, 0.5) is 0 Å². The van der Waals surface area contributed by atoms with E-state index in [0.29, 0.717) is 18.4 Å². The van der Waals surface area contributed by atoms with Crippen LogP contribution in [-0.4, -0.2) is 50.9 Å². The first kappa shape index (κ1) is 21.2. The molecule has 2 unspecified atom stereocenters. The molecular formula is C25H30N4O2. The van der Waals surface area contributed by atoms with Gasteiger partial charge >= 0.3 is 0 Å². The monoisotopic (exact) mass is 418 g/mol. The number of amides is 1. The lowest BCUT2D eigenvalue weighted by Crippen LogP contribution is -2.55. The van der Waals surface area contributed by atoms with E-state index in [1.165, 1.54) is 0 Å². The van der Waals surface area contributed by atoms with Gasteiger partial charge in [0.25, 0.3) is 5.56 Å². The molecule has 1 fully saturated rings. The second-order valence-electron chi connectivity index (χ2n) is 8.37. The van der Waals surface area contributed by atoms with Gasteiger partial charge in [0, 0.05) is 32.7 Å². The molecule has 0 radical (unpaired) electrons. The lowest BCUT2D eigenvalue weighted by molar-refractivity contribution is -0.135. The molecule has 1 aliphatic heterocycles. The van der Waals surface area contributed by atoms with Gasteiger partial charge in [-0.1, -0.05) is 49.4 Å². The van der Waals surface area contributed by atoms with Crippen LogP contribution >= 0.6 is 0 Å². The minimum Gasteiger partial charge on any atom is -0.337 e. The van der Waals surface area contributed by atoms with Gasteiger partial charge < -0.3 is 4.90 Å². The smallest absolute Gasteiger partial charge is 0.261 e. The first-order chi connectivity index (χ1) is 15.0. The summed E-state index contributed by atoms with van der Waals surface area (Å²) in [5.74, 6) is 0.963. The highest BCUT2D eigenvalue weighted by Gasteiger charge is 2.32. The van der Waals surface area contributed by atoms with Crippen molar-refractivity contribution in [3.05, 3.63) is 76.3 Å². The Bertz CT molecular complexity index is 1130. The second-order valence-corrected chi connectivity index (χ2v) is 8.37. The van der Waals surface area contributed by atoms with Crippen LogP contribution in [0.25, 0.3) is 10.9 Å². The Hall–Kier alpha value is -2.99. The van der Waals surface area contributed by atoms with Gasteiger partial charge in [-0.25, -0.2) is 4.98 Å². The van der Waals surface area contributed by atoms with Crippen LogP contribution < -0.4 is 5.56 Å². The fraction of sp³-hybridized carbons (Fsp3) is 0.400. The predicted molar refractivity (Wildman–Crippen MR) is 123 cm³/mol. The summed E-state index contributed by atoms with van der Waals surface area (Å²) >= 11 is 0. The maximum Gasteiger partial charge on any atom is 0.261 e. The largest absolute Gasteiger partial charge is 0.337 e. The normalized spacial score (nSPS) is 18.3. The molecular weight excluding hydrogens is 388 g/mol. The highest BCUT2D eigenvalue weighted by Crippen LogP contribution is 2.26. The molecule has 31 heavy (non-hydrogen) atoms. The van der Waals surface area contributed by atoms with Crippen LogP contribution in [0.15, 0.2) is 59.4 Å². The van der Waals surface area contributed by atoms with Crippen molar-refractivity contribution in [2.24, 2.45) is 7.05 Å². The average molecular weight is 419 g/mol. The molecule has 1 aliphatic rings. The Morgan fingerprint density at radius 3 is 2.52 bits per heavy atom. The van der Waals surface area contributed by atoms with Gasteiger partial charge in [0.1, 0.15) is 5.82 Å². The molecule has 1 amide bonds. The van der Waals surface area contributed by atoms with E-state index in [1.54, 1.807) is 4.57 Å². The van der Waals surface area contributed by atoms with Crippen LogP contribution in [0, 0.1) is 0 Å². The Labute approximate surface area is 183 Å². The number of benzene rings is 2. The molecule has 0 aliphatic carbocycles. The number of para-hydroxylation sites is 1. The van der Waals surface area contributed by atoms with Crippen molar-refractivity contribution in [3.8, 4) is 0 Å². The SMILES string of the molecule is CCC(c1nc2ccccc2c(=O)n1C)N1CCN(C(=O)Cc2ccccc2)C(C)C1. The molecule has 0 spiro atoms. The van der Waals surface area contributed by atoms with Crippen molar-refractivity contribution in [1.29, 1.82) is 0 Å².